The molecule has 0 aliphatic rings. The van der Waals surface area contributed by atoms with Crippen LogP contribution >= 0.6 is 0 Å². The molecule has 0 aliphatic heterocycles. The smallest absolute Gasteiger partial charge is 0.212 e. The summed E-state index contributed by atoms with van der Waals surface area (Å²) < 4.78 is 26.5. The first kappa shape index (κ1) is 15.2. The molecule has 1 N–H and O–H groups in total. The average molecular weight is 269 g/mol. The van der Waals surface area contributed by atoms with Crippen LogP contribution in [0.15, 0.2) is 30.3 Å². The molecule has 1 aromatic rings. The van der Waals surface area contributed by atoms with E-state index in [-0.39, 0.29) is 11.8 Å². The largest absolute Gasteiger partial charge is 0.212 e. The predicted molar refractivity (Wildman–Crippen MR) is 75.9 cm³/mol. The van der Waals surface area contributed by atoms with E-state index < -0.39 is 10.0 Å². The summed E-state index contributed by atoms with van der Waals surface area (Å²) >= 11 is 0. The minimum absolute atomic E-state index is 0.171. The zero-order chi connectivity index (χ0) is 13.6. The first-order chi connectivity index (χ1) is 8.41. The number of rotatable bonds is 7. The van der Waals surface area contributed by atoms with Crippen LogP contribution in [0.2, 0.25) is 0 Å². The maximum atomic E-state index is 11.9. The molecule has 4 heteroatoms. The second-order valence-electron chi connectivity index (χ2n) is 5.11. The predicted octanol–water partition coefficient (Wildman–Crippen LogP) is 3.10. The van der Waals surface area contributed by atoms with Crippen molar-refractivity contribution in [3.05, 3.63) is 35.9 Å². The normalized spacial score (nSPS) is 13.8. The maximum absolute atomic E-state index is 11.9. The molecular weight excluding hydrogens is 246 g/mol. The number of sulfonamides is 1. The zero-order valence-corrected chi connectivity index (χ0v) is 12.2. The summed E-state index contributed by atoms with van der Waals surface area (Å²) in [6.07, 6.45) is 1.66. The van der Waals surface area contributed by atoms with Crippen molar-refractivity contribution in [1.29, 1.82) is 0 Å². The third kappa shape index (κ3) is 5.65. The van der Waals surface area contributed by atoms with Gasteiger partial charge in [0.1, 0.15) is 0 Å². The van der Waals surface area contributed by atoms with E-state index in [1.807, 2.05) is 37.3 Å². The molecule has 0 unspecified atom stereocenters. The van der Waals surface area contributed by atoms with Gasteiger partial charge in [-0.1, -0.05) is 44.2 Å². The van der Waals surface area contributed by atoms with Gasteiger partial charge in [-0.05, 0) is 31.2 Å². The Morgan fingerprint density at radius 2 is 1.72 bits per heavy atom. The fourth-order valence-corrected chi connectivity index (χ4v) is 3.16. The van der Waals surface area contributed by atoms with E-state index in [9.17, 15) is 8.42 Å². The van der Waals surface area contributed by atoms with Gasteiger partial charge < -0.3 is 0 Å². The van der Waals surface area contributed by atoms with E-state index in [0.29, 0.717) is 12.3 Å². The minimum atomic E-state index is -3.17. The van der Waals surface area contributed by atoms with Gasteiger partial charge in [-0.3, -0.25) is 0 Å². The van der Waals surface area contributed by atoms with Gasteiger partial charge in [-0.15, -0.1) is 0 Å². The van der Waals surface area contributed by atoms with Crippen LogP contribution in [0, 0.1) is 5.92 Å². The number of nitrogens with one attached hydrogen (secondary N) is 1. The van der Waals surface area contributed by atoms with Crippen LogP contribution in [0.4, 0.5) is 0 Å². The first-order valence-electron chi connectivity index (χ1n) is 6.45. The van der Waals surface area contributed by atoms with Gasteiger partial charge in [0, 0.05) is 6.04 Å². The topological polar surface area (TPSA) is 46.2 Å². The highest BCUT2D eigenvalue weighted by molar-refractivity contribution is 7.89. The average Bonchev–Trinajstić information content (AvgIpc) is 2.28. The molecule has 0 saturated heterocycles. The Hall–Kier alpha value is -0.870. The summed E-state index contributed by atoms with van der Waals surface area (Å²) in [5, 5.41) is 0. The lowest BCUT2D eigenvalue weighted by molar-refractivity contribution is 0.545. The van der Waals surface area contributed by atoms with Gasteiger partial charge in [-0.25, -0.2) is 13.1 Å². The summed E-state index contributed by atoms with van der Waals surface area (Å²) in [5.41, 5.74) is 0.991. The van der Waals surface area contributed by atoms with Crippen molar-refractivity contribution in [3.8, 4) is 0 Å². The van der Waals surface area contributed by atoms with Crippen molar-refractivity contribution in [1.82, 2.24) is 4.72 Å². The Balaban J connectivity index is 2.50. The fraction of sp³-hybridized carbons (Fsp3) is 0.571. The van der Waals surface area contributed by atoms with Crippen LogP contribution in [0.1, 0.15) is 45.2 Å². The lowest BCUT2D eigenvalue weighted by Crippen LogP contribution is -2.29. The summed E-state index contributed by atoms with van der Waals surface area (Å²) in [5.74, 6) is 0.759. The standard InChI is InChI=1S/C14H23NO2S/c1-12(2)8-7-11-18(16,17)15-13(3)14-9-5-4-6-10-14/h4-6,9-10,12-13,15H,7-8,11H2,1-3H3/t13-/m1/s1. The molecule has 0 radical (unpaired) electrons. The Labute approximate surface area is 111 Å². The summed E-state index contributed by atoms with van der Waals surface area (Å²) in [6.45, 7) is 6.08. The molecule has 0 aromatic heterocycles. The Bertz CT molecular complexity index is 440. The van der Waals surface area contributed by atoms with Crippen molar-refractivity contribution in [2.75, 3.05) is 5.75 Å². The molecule has 0 saturated carbocycles. The quantitative estimate of drug-likeness (QED) is 0.826. The summed E-state index contributed by atoms with van der Waals surface area (Å²) in [7, 11) is -3.17. The molecule has 0 heterocycles. The highest BCUT2D eigenvalue weighted by atomic mass is 32.2. The molecule has 0 spiro atoms. The molecule has 1 aromatic carbocycles. The van der Waals surface area contributed by atoms with Gasteiger partial charge in [0.2, 0.25) is 10.0 Å². The van der Waals surface area contributed by atoms with Crippen molar-refractivity contribution in [2.45, 2.75) is 39.7 Å². The molecule has 0 bridgehead atoms. The Kier molecular flexibility index (Phi) is 5.82. The van der Waals surface area contributed by atoms with Crippen molar-refractivity contribution >= 4 is 10.0 Å². The summed E-state index contributed by atoms with van der Waals surface area (Å²) in [4.78, 5) is 0. The zero-order valence-electron chi connectivity index (χ0n) is 11.4. The lowest BCUT2D eigenvalue weighted by atomic mass is 10.1. The Morgan fingerprint density at radius 1 is 1.11 bits per heavy atom. The van der Waals surface area contributed by atoms with Crippen molar-refractivity contribution in [3.63, 3.8) is 0 Å². The number of hydrogen-bond acceptors (Lipinski definition) is 2. The summed E-state index contributed by atoms with van der Waals surface area (Å²) in [6, 6.07) is 9.45. The Morgan fingerprint density at radius 3 is 2.28 bits per heavy atom. The lowest BCUT2D eigenvalue weighted by Gasteiger charge is -2.14. The van der Waals surface area contributed by atoms with E-state index in [0.717, 1.165) is 12.0 Å². The molecule has 1 rings (SSSR count). The molecule has 1 atom stereocenters. The van der Waals surface area contributed by atoms with E-state index in [2.05, 4.69) is 18.6 Å². The minimum Gasteiger partial charge on any atom is -0.212 e. The van der Waals surface area contributed by atoms with Gasteiger partial charge in [0.15, 0.2) is 0 Å². The van der Waals surface area contributed by atoms with E-state index in [4.69, 9.17) is 0 Å². The van der Waals surface area contributed by atoms with Crippen LogP contribution in [0.25, 0.3) is 0 Å². The molecular formula is C14H23NO2S. The van der Waals surface area contributed by atoms with E-state index >= 15 is 0 Å². The van der Waals surface area contributed by atoms with Gasteiger partial charge in [0.05, 0.1) is 5.75 Å². The number of hydrogen-bond donors (Lipinski definition) is 1. The molecule has 0 fully saturated rings. The fourth-order valence-electron chi connectivity index (χ4n) is 1.82. The SMILES string of the molecule is CC(C)CCCS(=O)(=O)N[C@H](C)c1ccccc1. The third-order valence-corrected chi connectivity index (χ3v) is 4.39. The van der Waals surface area contributed by atoms with E-state index in [1.54, 1.807) is 0 Å². The van der Waals surface area contributed by atoms with Gasteiger partial charge >= 0.3 is 0 Å². The highest BCUT2D eigenvalue weighted by Crippen LogP contribution is 2.13. The molecule has 3 nitrogen and oxygen atoms in total. The first-order valence-corrected chi connectivity index (χ1v) is 8.11. The van der Waals surface area contributed by atoms with Crippen LogP contribution in [-0.2, 0) is 10.0 Å². The van der Waals surface area contributed by atoms with Crippen molar-refractivity contribution < 1.29 is 8.42 Å². The molecule has 0 aliphatic carbocycles. The molecule has 18 heavy (non-hydrogen) atoms. The second-order valence-corrected chi connectivity index (χ2v) is 6.98. The number of benzene rings is 1. The van der Waals surface area contributed by atoms with Crippen LogP contribution < -0.4 is 4.72 Å². The molecule has 0 amide bonds. The van der Waals surface area contributed by atoms with Crippen LogP contribution in [-0.4, -0.2) is 14.2 Å². The van der Waals surface area contributed by atoms with Gasteiger partial charge in [0.25, 0.3) is 0 Å². The monoisotopic (exact) mass is 269 g/mol. The van der Waals surface area contributed by atoms with Crippen LogP contribution in [0.5, 0.6) is 0 Å². The van der Waals surface area contributed by atoms with Crippen LogP contribution in [0.3, 0.4) is 0 Å². The van der Waals surface area contributed by atoms with Gasteiger partial charge in [-0.2, -0.15) is 0 Å². The third-order valence-electron chi connectivity index (χ3n) is 2.85. The van der Waals surface area contributed by atoms with Crippen molar-refractivity contribution in [2.24, 2.45) is 5.92 Å². The maximum Gasteiger partial charge on any atom is 0.212 e. The second kappa shape index (κ2) is 6.90. The highest BCUT2D eigenvalue weighted by Gasteiger charge is 2.15. The van der Waals surface area contributed by atoms with E-state index in [1.165, 1.54) is 0 Å². The molecule has 102 valence electrons.